The van der Waals surface area contributed by atoms with Gasteiger partial charge in [-0.3, -0.25) is 0 Å². The lowest BCUT2D eigenvalue weighted by Gasteiger charge is -2.27. The smallest absolute Gasteiger partial charge is 0.0503 e. The molecule has 3 nitrogen and oxygen atoms in total. The Morgan fingerprint density at radius 1 is 1.19 bits per heavy atom. The number of methoxy groups -OCH3 is 1. The molecule has 2 aliphatic heterocycles. The van der Waals surface area contributed by atoms with Gasteiger partial charge in [-0.25, -0.2) is 0 Å². The summed E-state index contributed by atoms with van der Waals surface area (Å²) in [4.78, 5) is 2.64. The van der Waals surface area contributed by atoms with Crippen molar-refractivity contribution in [2.75, 3.05) is 46.4 Å². The number of nitrogens with zero attached hydrogens (tertiary/aromatic N) is 1. The molecular weight excluding hydrogens is 224 g/mol. The monoisotopic (exact) mass is 248 g/mol. The number of piperidine rings is 1. The third kappa shape index (κ3) is 4.21. The molecular formula is C12H25ClN2O. The number of hydrogen-bond acceptors (Lipinski definition) is 3. The molecule has 0 amide bonds. The first-order chi connectivity index (χ1) is 7.38. The van der Waals surface area contributed by atoms with Crippen LogP contribution in [-0.2, 0) is 4.74 Å². The first-order valence-corrected chi connectivity index (χ1v) is 6.30. The van der Waals surface area contributed by atoms with Gasteiger partial charge in [0.2, 0.25) is 0 Å². The van der Waals surface area contributed by atoms with Gasteiger partial charge in [0.15, 0.2) is 0 Å². The molecule has 0 aromatic rings. The molecule has 96 valence electrons. The average molecular weight is 249 g/mol. The minimum absolute atomic E-state index is 0. The predicted octanol–water partition coefficient (Wildman–Crippen LogP) is 1.38. The highest BCUT2D eigenvalue weighted by atomic mass is 35.5. The lowest BCUT2D eigenvalue weighted by Crippen LogP contribution is -2.35. The fraction of sp³-hybridized carbons (Fsp3) is 1.00. The molecule has 1 unspecified atom stereocenters. The lowest BCUT2D eigenvalue weighted by molar-refractivity contribution is 0.149. The van der Waals surface area contributed by atoms with Gasteiger partial charge >= 0.3 is 0 Å². The van der Waals surface area contributed by atoms with Crippen molar-refractivity contribution in [2.45, 2.75) is 19.3 Å². The van der Waals surface area contributed by atoms with Gasteiger partial charge in [0.1, 0.15) is 0 Å². The van der Waals surface area contributed by atoms with E-state index in [0.717, 1.165) is 18.4 Å². The van der Waals surface area contributed by atoms with Crippen molar-refractivity contribution in [3.8, 4) is 0 Å². The SMILES string of the molecule is COCC1CCN(CC2CCNCC2)C1.Cl. The second-order valence-corrected chi connectivity index (χ2v) is 5.06. The number of likely N-dealkylation sites (tertiary alicyclic amines) is 1. The molecule has 2 fully saturated rings. The summed E-state index contributed by atoms with van der Waals surface area (Å²) < 4.78 is 5.23. The van der Waals surface area contributed by atoms with Crippen LogP contribution in [0.5, 0.6) is 0 Å². The summed E-state index contributed by atoms with van der Waals surface area (Å²) in [7, 11) is 1.81. The Bertz CT molecular complexity index is 186. The Balaban J connectivity index is 0.00000128. The Morgan fingerprint density at radius 2 is 1.94 bits per heavy atom. The molecule has 0 radical (unpaired) electrons. The molecule has 1 atom stereocenters. The number of halogens is 1. The van der Waals surface area contributed by atoms with Crippen molar-refractivity contribution >= 4 is 12.4 Å². The maximum atomic E-state index is 5.23. The molecule has 1 N–H and O–H groups in total. The van der Waals surface area contributed by atoms with E-state index >= 15 is 0 Å². The van der Waals surface area contributed by atoms with Gasteiger partial charge in [0, 0.05) is 20.2 Å². The minimum Gasteiger partial charge on any atom is -0.384 e. The fourth-order valence-electron chi connectivity index (χ4n) is 2.88. The molecule has 0 saturated carbocycles. The van der Waals surface area contributed by atoms with Crippen LogP contribution in [0.1, 0.15) is 19.3 Å². The summed E-state index contributed by atoms with van der Waals surface area (Å²) in [5, 5.41) is 3.43. The van der Waals surface area contributed by atoms with Gasteiger partial charge in [-0.1, -0.05) is 0 Å². The van der Waals surface area contributed by atoms with Crippen LogP contribution in [0.4, 0.5) is 0 Å². The zero-order valence-corrected chi connectivity index (χ0v) is 11.1. The topological polar surface area (TPSA) is 24.5 Å². The number of rotatable bonds is 4. The van der Waals surface area contributed by atoms with Crippen LogP contribution < -0.4 is 5.32 Å². The molecule has 0 aromatic carbocycles. The van der Waals surface area contributed by atoms with E-state index in [2.05, 4.69) is 10.2 Å². The van der Waals surface area contributed by atoms with Crippen LogP contribution in [0.3, 0.4) is 0 Å². The average Bonchev–Trinajstić information content (AvgIpc) is 2.68. The van der Waals surface area contributed by atoms with Gasteiger partial charge < -0.3 is 15.0 Å². The van der Waals surface area contributed by atoms with Crippen LogP contribution in [0.15, 0.2) is 0 Å². The molecule has 0 spiro atoms. The van der Waals surface area contributed by atoms with Gasteiger partial charge in [-0.15, -0.1) is 12.4 Å². The maximum Gasteiger partial charge on any atom is 0.0503 e. The van der Waals surface area contributed by atoms with E-state index < -0.39 is 0 Å². The van der Waals surface area contributed by atoms with E-state index in [4.69, 9.17) is 4.74 Å². The number of nitrogens with one attached hydrogen (secondary N) is 1. The third-order valence-corrected chi connectivity index (χ3v) is 3.75. The lowest BCUT2D eigenvalue weighted by atomic mass is 9.98. The van der Waals surface area contributed by atoms with E-state index in [1.807, 2.05) is 7.11 Å². The molecule has 4 heteroatoms. The minimum atomic E-state index is 0. The molecule has 0 aromatic heterocycles. The first-order valence-electron chi connectivity index (χ1n) is 6.30. The highest BCUT2D eigenvalue weighted by Crippen LogP contribution is 2.20. The Kier molecular flexibility index (Phi) is 6.66. The molecule has 2 rings (SSSR count). The van der Waals surface area contributed by atoms with Crippen LogP contribution in [-0.4, -0.2) is 51.3 Å². The molecule has 16 heavy (non-hydrogen) atoms. The van der Waals surface area contributed by atoms with E-state index in [1.165, 1.54) is 52.0 Å². The molecule has 2 aliphatic rings. The maximum absolute atomic E-state index is 5.23. The number of ether oxygens (including phenoxy) is 1. The first kappa shape index (κ1) is 14.2. The second kappa shape index (κ2) is 7.49. The van der Waals surface area contributed by atoms with Gasteiger partial charge in [0.05, 0.1) is 6.61 Å². The summed E-state index contributed by atoms with van der Waals surface area (Å²) in [6, 6.07) is 0. The van der Waals surface area contributed by atoms with Crippen molar-refractivity contribution in [1.29, 1.82) is 0 Å². The largest absolute Gasteiger partial charge is 0.384 e. The predicted molar refractivity (Wildman–Crippen MR) is 69.3 cm³/mol. The summed E-state index contributed by atoms with van der Waals surface area (Å²) in [6.07, 6.45) is 4.07. The van der Waals surface area contributed by atoms with Crippen molar-refractivity contribution < 1.29 is 4.74 Å². The highest BCUT2D eigenvalue weighted by molar-refractivity contribution is 5.85. The molecule has 0 aliphatic carbocycles. The van der Waals surface area contributed by atoms with Crippen molar-refractivity contribution in [1.82, 2.24) is 10.2 Å². The molecule has 2 saturated heterocycles. The zero-order chi connectivity index (χ0) is 10.5. The summed E-state index contributed by atoms with van der Waals surface area (Å²) >= 11 is 0. The van der Waals surface area contributed by atoms with E-state index in [0.29, 0.717) is 0 Å². The number of hydrogen-bond donors (Lipinski definition) is 1. The molecule has 2 heterocycles. The standard InChI is InChI=1S/C12H24N2O.ClH/c1-15-10-12-4-7-14(9-12)8-11-2-5-13-6-3-11;/h11-13H,2-10H2,1H3;1H. The van der Waals surface area contributed by atoms with E-state index in [-0.39, 0.29) is 12.4 Å². The summed E-state index contributed by atoms with van der Waals surface area (Å²) in [5.41, 5.74) is 0. The summed E-state index contributed by atoms with van der Waals surface area (Å²) in [5.74, 6) is 1.73. The highest BCUT2D eigenvalue weighted by Gasteiger charge is 2.24. The van der Waals surface area contributed by atoms with Crippen molar-refractivity contribution in [3.63, 3.8) is 0 Å². The van der Waals surface area contributed by atoms with Crippen molar-refractivity contribution in [2.24, 2.45) is 11.8 Å². The Morgan fingerprint density at radius 3 is 2.62 bits per heavy atom. The van der Waals surface area contributed by atoms with E-state index in [9.17, 15) is 0 Å². The van der Waals surface area contributed by atoms with E-state index in [1.54, 1.807) is 0 Å². The summed E-state index contributed by atoms with van der Waals surface area (Å²) in [6.45, 7) is 7.26. The Labute approximate surface area is 105 Å². The van der Waals surface area contributed by atoms with Crippen LogP contribution in [0.25, 0.3) is 0 Å². The van der Waals surface area contributed by atoms with Crippen molar-refractivity contribution in [3.05, 3.63) is 0 Å². The van der Waals surface area contributed by atoms with Crippen LogP contribution in [0.2, 0.25) is 0 Å². The van der Waals surface area contributed by atoms with Crippen LogP contribution >= 0.6 is 12.4 Å². The second-order valence-electron chi connectivity index (χ2n) is 5.06. The normalized spacial score (nSPS) is 27.9. The fourth-order valence-corrected chi connectivity index (χ4v) is 2.88. The van der Waals surface area contributed by atoms with Crippen LogP contribution in [0, 0.1) is 11.8 Å². The van der Waals surface area contributed by atoms with Gasteiger partial charge in [-0.05, 0) is 50.7 Å². The van der Waals surface area contributed by atoms with Gasteiger partial charge in [0.25, 0.3) is 0 Å². The zero-order valence-electron chi connectivity index (χ0n) is 10.3. The quantitative estimate of drug-likeness (QED) is 0.814. The third-order valence-electron chi connectivity index (χ3n) is 3.75. The van der Waals surface area contributed by atoms with Gasteiger partial charge in [-0.2, -0.15) is 0 Å². The molecule has 0 bridgehead atoms. The Hall–Kier alpha value is 0.170.